The van der Waals surface area contributed by atoms with Crippen molar-refractivity contribution in [2.45, 2.75) is 19.4 Å². The first-order chi connectivity index (χ1) is 10.3. The van der Waals surface area contributed by atoms with Crippen LogP contribution in [0.25, 0.3) is 11.7 Å². The molecule has 0 saturated carbocycles. The maximum Gasteiger partial charge on any atom is 0.293 e. The molecule has 1 saturated heterocycles. The zero-order valence-corrected chi connectivity index (χ0v) is 12.1. The third-order valence-corrected chi connectivity index (χ3v) is 3.55. The van der Waals surface area contributed by atoms with E-state index in [1.165, 1.54) is 0 Å². The molecular weight excluding hydrogens is 272 g/mol. The molecule has 7 heteroatoms. The van der Waals surface area contributed by atoms with E-state index < -0.39 is 0 Å². The van der Waals surface area contributed by atoms with Gasteiger partial charge >= 0.3 is 0 Å². The van der Waals surface area contributed by atoms with E-state index in [-0.39, 0.29) is 6.04 Å². The van der Waals surface area contributed by atoms with Gasteiger partial charge in [0.1, 0.15) is 5.76 Å². The SMILES string of the molecule is CCc1ccc(-c2nc(C(N)CN3CCOCC3)no2)o1. The van der Waals surface area contributed by atoms with Gasteiger partial charge in [0.2, 0.25) is 0 Å². The van der Waals surface area contributed by atoms with Crippen LogP contribution in [-0.2, 0) is 11.2 Å². The first-order valence-corrected chi connectivity index (χ1v) is 7.24. The second kappa shape index (κ2) is 6.38. The molecule has 0 radical (unpaired) electrons. The summed E-state index contributed by atoms with van der Waals surface area (Å²) in [6, 6.07) is 3.47. The van der Waals surface area contributed by atoms with Gasteiger partial charge in [-0.1, -0.05) is 12.1 Å². The molecule has 0 aliphatic carbocycles. The maximum absolute atomic E-state index is 6.15. The average molecular weight is 292 g/mol. The second-order valence-electron chi connectivity index (χ2n) is 5.10. The average Bonchev–Trinajstić information content (AvgIpc) is 3.17. The monoisotopic (exact) mass is 292 g/mol. The van der Waals surface area contributed by atoms with Gasteiger partial charge in [-0.15, -0.1) is 0 Å². The third kappa shape index (κ3) is 3.31. The van der Waals surface area contributed by atoms with Crippen LogP contribution in [0.4, 0.5) is 0 Å². The molecule has 0 bridgehead atoms. The smallest absolute Gasteiger partial charge is 0.293 e. The summed E-state index contributed by atoms with van der Waals surface area (Å²) >= 11 is 0. The molecule has 2 aromatic heterocycles. The van der Waals surface area contributed by atoms with E-state index in [1.54, 1.807) is 0 Å². The Morgan fingerprint density at radius 3 is 2.86 bits per heavy atom. The summed E-state index contributed by atoms with van der Waals surface area (Å²) in [6.45, 7) is 5.99. The molecule has 2 aromatic rings. The highest BCUT2D eigenvalue weighted by Gasteiger charge is 2.21. The Kier molecular flexibility index (Phi) is 4.33. The highest BCUT2D eigenvalue weighted by molar-refractivity contribution is 5.44. The van der Waals surface area contributed by atoms with Crippen LogP contribution < -0.4 is 5.73 Å². The number of rotatable bonds is 5. The summed E-state index contributed by atoms with van der Waals surface area (Å²) in [4.78, 5) is 6.58. The summed E-state index contributed by atoms with van der Waals surface area (Å²) in [6.07, 6.45) is 0.831. The Morgan fingerprint density at radius 1 is 1.33 bits per heavy atom. The van der Waals surface area contributed by atoms with E-state index in [0.717, 1.165) is 38.5 Å². The van der Waals surface area contributed by atoms with E-state index in [2.05, 4.69) is 15.0 Å². The first-order valence-electron chi connectivity index (χ1n) is 7.24. The second-order valence-corrected chi connectivity index (χ2v) is 5.10. The normalized spacial score (nSPS) is 18.0. The van der Waals surface area contributed by atoms with Gasteiger partial charge in [0.15, 0.2) is 11.6 Å². The van der Waals surface area contributed by atoms with Crippen LogP contribution in [0.15, 0.2) is 21.1 Å². The van der Waals surface area contributed by atoms with E-state index in [1.807, 2.05) is 19.1 Å². The van der Waals surface area contributed by atoms with E-state index in [9.17, 15) is 0 Å². The number of aryl methyl sites for hydroxylation is 1. The minimum Gasteiger partial charge on any atom is -0.456 e. The molecule has 1 fully saturated rings. The number of hydrogen-bond acceptors (Lipinski definition) is 7. The van der Waals surface area contributed by atoms with Crippen molar-refractivity contribution in [3.05, 3.63) is 23.7 Å². The molecule has 1 atom stereocenters. The zero-order chi connectivity index (χ0) is 14.7. The fourth-order valence-corrected chi connectivity index (χ4v) is 2.31. The number of nitrogens with zero attached hydrogens (tertiary/aromatic N) is 3. The molecule has 1 aliphatic heterocycles. The van der Waals surface area contributed by atoms with Gasteiger partial charge in [-0.2, -0.15) is 4.98 Å². The highest BCUT2D eigenvalue weighted by Crippen LogP contribution is 2.22. The van der Waals surface area contributed by atoms with Gasteiger partial charge in [-0.3, -0.25) is 4.90 Å². The van der Waals surface area contributed by atoms with Crippen molar-refractivity contribution < 1.29 is 13.7 Å². The third-order valence-electron chi connectivity index (χ3n) is 3.55. The Morgan fingerprint density at radius 2 is 2.14 bits per heavy atom. The quantitative estimate of drug-likeness (QED) is 0.886. The van der Waals surface area contributed by atoms with Gasteiger partial charge < -0.3 is 19.4 Å². The maximum atomic E-state index is 6.15. The number of aromatic nitrogens is 2. The molecule has 1 unspecified atom stereocenters. The van der Waals surface area contributed by atoms with Crippen molar-refractivity contribution in [1.29, 1.82) is 0 Å². The fourth-order valence-electron chi connectivity index (χ4n) is 2.31. The van der Waals surface area contributed by atoms with Crippen LogP contribution in [0.5, 0.6) is 0 Å². The predicted molar refractivity (Wildman–Crippen MR) is 75.6 cm³/mol. The van der Waals surface area contributed by atoms with E-state index >= 15 is 0 Å². The zero-order valence-electron chi connectivity index (χ0n) is 12.1. The Hall–Kier alpha value is -1.70. The van der Waals surface area contributed by atoms with E-state index in [4.69, 9.17) is 19.4 Å². The van der Waals surface area contributed by atoms with Crippen molar-refractivity contribution in [2.24, 2.45) is 5.73 Å². The molecule has 3 rings (SSSR count). The lowest BCUT2D eigenvalue weighted by atomic mass is 10.2. The van der Waals surface area contributed by atoms with Crippen LogP contribution >= 0.6 is 0 Å². The van der Waals surface area contributed by atoms with Crippen molar-refractivity contribution in [3.63, 3.8) is 0 Å². The van der Waals surface area contributed by atoms with Gasteiger partial charge in [0.25, 0.3) is 5.89 Å². The standard InChI is InChI=1S/C14H20N4O3/c1-2-10-3-4-12(20-10)14-16-13(17-21-14)11(15)9-18-5-7-19-8-6-18/h3-4,11H,2,5-9,15H2,1H3. The molecule has 0 aromatic carbocycles. The molecule has 0 spiro atoms. The Balaban J connectivity index is 1.65. The molecule has 114 valence electrons. The van der Waals surface area contributed by atoms with E-state index in [0.29, 0.717) is 24.0 Å². The summed E-state index contributed by atoms with van der Waals surface area (Å²) in [7, 11) is 0. The molecular formula is C14H20N4O3. The lowest BCUT2D eigenvalue weighted by Crippen LogP contribution is -2.40. The molecule has 1 aliphatic rings. The van der Waals surface area contributed by atoms with Crippen molar-refractivity contribution in [3.8, 4) is 11.7 Å². The lowest BCUT2D eigenvalue weighted by molar-refractivity contribution is 0.0348. The first kappa shape index (κ1) is 14.2. The van der Waals surface area contributed by atoms with Crippen molar-refractivity contribution in [2.75, 3.05) is 32.8 Å². The Bertz CT molecular complexity index is 574. The number of furan rings is 1. The lowest BCUT2D eigenvalue weighted by Gasteiger charge is -2.27. The summed E-state index contributed by atoms with van der Waals surface area (Å²) in [5.41, 5.74) is 6.15. The molecule has 3 heterocycles. The molecule has 0 amide bonds. The van der Waals surface area contributed by atoms with Gasteiger partial charge in [0, 0.05) is 26.1 Å². The van der Waals surface area contributed by atoms with Crippen LogP contribution in [-0.4, -0.2) is 47.9 Å². The molecule has 21 heavy (non-hydrogen) atoms. The molecule has 7 nitrogen and oxygen atoms in total. The largest absolute Gasteiger partial charge is 0.456 e. The fraction of sp³-hybridized carbons (Fsp3) is 0.571. The van der Waals surface area contributed by atoms with Gasteiger partial charge in [0.05, 0.1) is 19.3 Å². The summed E-state index contributed by atoms with van der Waals surface area (Å²) in [5, 5.41) is 3.96. The number of hydrogen-bond donors (Lipinski definition) is 1. The number of nitrogens with two attached hydrogens (primary N) is 1. The molecule has 2 N–H and O–H groups in total. The van der Waals surface area contributed by atoms with Crippen LogP contribution in [0.2, 0.25) is 0 Å². The van der Waals surface area contributed by atoms with Crippen LogP contribution in [0.1, 0.15) is 24.6 Å². The van der Waals surface area contributed by atoms with Crippen molar-refractivity contribution >= 4 is 0 Å². The number of ether oxygens (including phenoxy) is 1. The summed E-state index contributed by atoms with van der Waals surface area (Å²) < 4.78 is 16.2. The van der Waals surface area contributed by atoms with Crippen LogP contribution in [0, 0.1) is 0 Å². The van der Waals surface area contributed by atoms with Crippen molar-refractivity contribution in [1.82, 2.24) is 15.0 Å². The topological polar surface area (TPSA) is 90.5 Å². The number of morpholine rings is 1. The Labute approximate surface area is 123 Å². The highest BCUT2D eigenvalue weighted by atomic mass is 16.5. The van der Waals surface area contributed by atoms with Crippen LogP contribution in [0.3, 0.4) is 0 Å². The van der Waals surface area contributed by atoms with Gasteiger partial charge in [-0.05, 0) is 12.1 Å². The predicted octanol–water partition coefficient (Wildman–Crippen LogP) is 1.22. The van der Waals surface area contributed by atoms with Gasteiger partial charge in [-0.25, -0.2) is 0 Å². The minimum absolute atomic E-state index is 0.277. The minimum atomic E-state index is -0.277. The summed E-state index contributed by atoms with van der Waals surface area (Å²) in [5.74, 6) is 2.36.